The highest BCUT2D eigenvalue weighted by molar-refractivity contribution is 9.10. The summed E-state index contributed by atoms with van der Waals surface area (Å²) in [4.78, 5) is 4.91. The van der Waals surface area contributed by atoms with E-state index in [2.05, 4.69) is 26.0 Å². The summed E-state index contributed by atoms with van der Waals surface area (Å²) in [6, 6.07) is 9.82. The van der Waals surface area contributed by atoms with Crippen molar-refractivity contribution in [3.05, 3.63) is 41.0 Å². The lowest BCUT2D eigenvalue weighted by Crippen LogP contribution is -2.12. The number of halogens is 1. The summed E-state index contributed by atoms with van der Waals surface area (Å²) in [5.74, 6) is 0.745. The molecule has 0 radical (unpaired) electrons. The fraction of sp³-hybridized carbons (Fsp3) is 0.0667. The van der Waals surface area contributed by atoms with Crippen LogP contribution in [-0.4, -0.2) is 30.1 Å². The number of aromatic nitrogens is 3. The Morgan fingerprint density at radius 2 is 2.04 bits per heavy atom. The molecule has 2 aromatic heterocycles. The third-order valence-electron chi connectivity index (χ3n) is 3.70. The number of methoxy groups -OCH3 is 1. The number of nitrogens with two attached hydrogens (primary N) is 1. The van der Waals surface area contributed by atoms with Crippen molar-refractivity contribution >= 4 is 53.0 Å². The van der Waals surface area contributed by atoms with Gasteiger partial charge in [-0.15, -0.1) is 5.10 Å². The number of imidazole rings is 1. The zero-order valence-corrected chi connectivity index (χ0v) is 16.0. The van der Waals surface area contributed by atoms with Crippen molar-refractivity contribution in [2.45, 2.75) is 4.34 Å². The monoisotopic (exact) mass is 438 g/mol. The minimum Gasteiger partial charge on any atom is -0.496 e. The lowest BCUT2D eigenvalue weighted by molar-refractivity contribution is 0.413. The predicted molar refractivity (Wildman–Crippen MR) is 99.4 cm³/mol. The van der Waals surface area contributed by atoms with E-state index in [-0.39, 0.29) is 4.34 Å². The molecule has 2 heterocycles. The Labute approximate surface area is 155 Å². The van der Waals surface area contributed by atoms with Crippen LogP contribution in [0.2, 0.25) is 0 Å². The Morgan fingerprint density at radius 3 is 2.72 bits per heavy atom. The van der Waals surface area contributed by atoms with Gasteiger partial charge in [-0.1, -0.05) is 29.5 Å². The van der Waals surface area contributed by atoms with E-state index in [0.29, 0.717) is 10.7 Å². The van der Waals surface area contributed by atoms with Gasteiger partial charge < -0.3 is 4.74 Å². The maximum atomic E-state index is 11.4. The summed E-state index contributed by atoms with van der Waals surface area (Å²) < 4.78 is 30.2. The molecule has 0 saturated carbocycles. The molecule has 4 rings (SSSR count). The van der Waals surface area contributed by atoms with Crippen LogP contribution in [0.25, 0.3) is 27.0 Å². The molecule has 128 valence electrons. The Balaban J connectivity index is 1.85. The van der Waals surface area contributed by atoms with Gasteiger partial charge in [-0.25, -0.2) is 23.1 Å². The molecule has 0 unspecified atom stereocenters. The van der Waals surface area contributed by atoms with Crippen LogP contribution in [0.15, 0.2) is 45.3 Å². The van der Waals surface area contributed by atoms with Gasteiger partial charge in [0.15, 0.2) is 0 Å². The molecule has 4 aromatic rings. The molecule has 0 bridgehead atoms. The quantitative estimate of drug-likeness (QED) is 0.529. The molecule has 0 saturated heterocycles. The third-order valence-corrected chi connectivity index (χ3v) is 6.75. The van der Waals surface area contributed by atoms with Gasteiger partial charge in [-0.2, -0.15) is 0 Å². The SMILES string of the molecule is COc1ccc2ccc(-c3cn4nc(S(N)(=O)=O)sc4n3)cc2c1Br. The van der Waals surface area contributed by atoms with Crippen LogP contribution in [0, 0.1) is 0 Å². The number of sulfonamides is 1. The van der Waals surface area contributed by atoms with Crippen molar-refractivity contribution in [3.63, 3.8) is 0 Å². The van der Waals surface area contributed by atoms with Gasteiger partial charge >= 0.3 is 0 Å². The summed E-state index contributed by atoms with van der Waals surface area (Å²) in [5, 5.41) is 11.1. The second kappa shape index (κ2) is 5.77. The predicted octanol–water partition coefficient (Wildman–Crippen LogP) is 3.03. The fourth-order valence-corrected chi connectivity index (χ4v) is 4.66. The van der Waals surface area contributed by atoms with Crippen molar-refractivity contribution in [2.75, 3.05) is 7.11 Å². The number of benzene rings is 2. The van der Waals surface area contributed by atoms with Crippen LogP contribution in [-0.2, 0) is 10.0 Å². The number of hydrogen-bond donors (Lipinski definition) is 1. The van der Waals surface area contributed by atoms with Crippen molar-refractivity contribution in [1.29, 1.82) is 0 Å². The van der Waals surface area contributed by atoms with E-state index < -0.39 is 10.0 Å². The largest absolute Gasteiger partial charge is 0.496 e. The maximum Gasteiger partial charge on any atom is 0.267 e. The van der Waals surface area contributed by atoms with E-state index in [1.54, 1.807) is 13.3 Å². The van der Waals surface area contributed by atoms with Crippen molar-refractivity contribution in [2.24, 2.45) is 5.14 Å². The Hall–Kier alpha value is -2.01. The van der Waals surface area contributed by atoms with E-state index in [1.807, 2.05) is 30.3 Å². The van der Waals surface area contributed by atoms with Crippen molar-refractivity contribution < 1.29 is 13.2 Å². The molecule has 10 heteroatoms. The second-order valence-corrected chi connectivity index (χ2v) is 8.77. The maximum absolute atomic E-state index is 11.4. The number of fused-ring (bicyclic) bond motifs is 2. The van der Waals surface area contributed by atoms with Gasteiger partial charge in [-0.3, -0.25) is 0 Å². The lowest BCUT2D eigenvalue weighted by atomic mass is 10.1. The smallest absolute Gasteiger partial charge is 0.267 e. The fourth-order valence-electron chi connectivity index (χ4n) is 2.52. The van der Waals surface area contributed by atoms with Gasteiger partial charge in [0.1, 0.15) is 5.75 Å². The number of rotatable bonds is 3. The van der Waals surface area contributed by atoms with Crippen LogP contribution in [0.4, 0.5) is 0 Å². The number of ether oxygens (including phenoxy) is 1. The summed E-state index contributed by atoms with van der Waals surface area (Å²) in [5.41, 5.74) is 1.58. The molecule has 2 aromatic carbocycles. The van der Waals surface area contributed by atoms with Crippen LogP contribution in [0.5, 0.6) is 5.75 Å². The zero-order valence-electron chi connectivity index (χ0n) is 12.8. The van der Waals surface area contributed by atoms with E-state index in [4.69, 9.17) is 9.88 Å². The normalized spacial score (nSPS) is 12.1. The number of primary sulfonamides is 1. The van der Waals surface area contributed by atoms with Gasteiger partial charge in [0.25, 0.3) is 10.0 Å². The summed E-state index contributed by atoms with van der Waals surface area (Å²) in [7, 11) is -2.21. The van der Waals surface area contributed by atoms with Crippen molar-refractivity contribution in [1.82, 2.24) is 14.6 Å². The average molecular weight is 439 g/mol. The molecule has 0 atom stereocenters. The van der Waals surface area contributed by atoms with Crippen molar-refractivity contribution in [3.8, 4) is 17.0 Å². The Morgan fingerprint density at radius 1 is 1.28 bits per heavy atom. The molecule has 7 nitrogen and oxygen atoms in total. The molecule has 0 aliphatic heterocycles. The van der Waals surface area contributed by atoms with E-state index in [9.17, 15) is 8.42 Å². The molecule has 0 spiro atoms. The Bertz CT molecular complexity index is 1200. The molecule has 0 fully saturated rings. The van der Waals surface area contributed by atoms with Gasteiger partial charge in [0.05, 0.1) is 23.5 Å². The Kier molecular flexibility index (Phi) is 3.80. The minimum atomic E-state index is -3.83. The summed E-state index contributed by atoms with van der Waals surface area (Å²) in [6.07, 6.45) is 1.68. The van der Waals surface area contributed by atoms with Gasteiger partial charge in [0.2, 0.25) is 9.30 Å². The van der Waals surface area contributed by atoms with E-state index >= 15 is 0 Å². The number of hydrogen-bond acceptors (Lipinski definition) is 6. The molecule has 0 aliphatic rings. The van der Waals surface area contributed by atoms with Crippen LogP contribution >= 0.6 is 27.3 Å². The first-order chi connectivity index (χ1) is 11.9. The highest BCUT2D eigenvalue weighted by atomic mass is 79.9. The van der Waals surface area contributed by atoms with E-state index in [1.165, 1.54) is 4.52 Å². The summed E-state index contributed by atoms with van der Waals surface area (Å²) >= 11 is 4.50. The first-order valence-corrected chi connectivity index (χ1v) is 10.2. The summed E-state index contributed by atoms with van der Waals surface area (Å²) in [6.45, 7) is 0. The molecule has 2 N–H and O–H groups in total. The zero-order chi connectivity index (χ0) is 17.8. The first-order valence-electron chi connectivity index (χ1n) is 7.02. The standard InChI is InChI=1S/C15H11BrN4O3S2/c1-23-12-5-4-8-2-3-9(6-10(8)13(12)16)11-7-20-14(18-11)24-15(19-20)25(17,21)22/h2-7H,1H3,(H2,17,21,22). The van der Waals surface area contributed by atoms with E-state index in [0.717, 1.165) is 37.9 Å². The molecule has 0 amide bonds. The minimum absolute atomic E-state index is 0.160. The second-order valence-electron chi connectivity index (χ2n) is 5.28. The first kappa shape index (κ1) is 16.5. The van der Waals surface area contributed by atoms with Gasteiger partial charge in [-0.05, 0) is 33.4 Å². The topological polar surface area (TPSA) is 99.6 Å². The number of nitrogens with zero attached hydrogens (tertiary/aromatic N) is 3. The molecular weight excluding hydrogens is 428 g/mol. The highest BCUT2D eigenvalue weighted by Gasteiger charge is 2.17. The van der Waals surface area contributed by atoms with Crippen LogP contribution in [0.1, 0.15) is 0 Å². The lowest BCUT2D eigenvalue weighted by Gasteiger charge is -2.08. The molecular formula is C15H11BrN4O3S2. The molecule has 0 aliphatic carbocycles. The molecule has 25 heavy (non-hydrogen) atoms. The highest BCUT2D eigenvalue weighted by Crippen LogP contribution is 2.35. The third kappa shape index (κ3) is 2.80. The van der Waals surface area contributed by atoms with Gasteiger partial charge in [0, 0.05) is 10.9 Å². The van der Waals surface area contributed by atoms with Crippen LogP contribution < -0.4 is 9.88 Å². The average Bonchev–Trinajstić information content (AvgIpc) is 3.13. The van der Waals surface area contributed by atoms with Crippen LogP contribution in [0.3, 0.4) is 0 Å².